The van der Waals surface area contributed by atoms with Crippen molar-refractivity contribution in [1.82, 2.24) is 5.32 Å². The fraction of sp³-hybridized carbons (Fsp3) is 0.273. The summed E-state index contributed by atoms with van der Waals surface area (Å²) in [5.41, 5.74) is 3.16. The summed E-state index contributed by atoms with van der Waals surface area (Å²) >= 11 is 5.59. The van der Waals surface area contributed by atoms with Gasteiger partial charge in [0.25, 0.3) is 0 Å². The Balaban J connectivity index is 2.13. The summed E-state index contributed by atoms with van der Waals surface area (Å²) in [5, 5.41) is 3.48. The maximum Gasteiger partial charge on any atom is 0.387 e. The molecule has 1 aliphatic rings. The van der Waals surface area contributed by atoms with E-state index in [-0.39, 0.29) is 11.5 Å². The number of thiocarbonyl (C=S) groups is 1. The van der Waals surface area contributed by atoms with Crippen molar-refractivity contribution in [3.05, 3.63) is 64.9 Å². The maximum atomic E-state index is 12.9. The van der Waals surface area contributed by atoms with E-state index in [4.69, 9.17) is 21.7 Å². The van der Waals surface area contributed by atoms with E-state index in [1.807, 2.05) is 31.2 Å². The molecule has 1 N–H and O–H groups in total. The summed E-state index contributed by atoms with van der Waals surface area (Å²) in [7, 11) is 2.63. The summed E-state index contributed by atoms with van der Waals surface area (Å²) in [6.07, 6.45) is 0. The number of methoxy groups -OCH3 is 2. The lowest BCUT2D eigenvalue weighted by Gasteiger charge is -2.37. The van der Waals surface area contributed by atoms with Crippen LogP contribution in [0.3, 0.4) is 0 Å². The lowest BCUT2D eigenvalue weighted by molar-refractivity contribution is -0.136. The average Bonchev–Trinajstić information content (AvgIpc) is 2.72. The molecule has 0 spiro atoms. The molecule has 1 atom stereocenters. The number of anilines is 1. The molecule has 0 radical (unpaired) electrons. The van der Waals surface area contributed by atoms with Crippen molar-refractivity contribution in [2.24, 2.45) is 0 Å². The first kappa shape index (κ1) is 22.5. The Morgan fingerprint density at radius 2 is 1.87 bits per heavy atom. The van der Waals surface area contributed by atoms with Crippen molar-refractivity contribution < 1.29 is 27.8 Å². The minimum atomic E-state index is -3.03. The summed E-state index contributed by atoms with van der Waals surface area (Å²) < 4.78 is 40.4. The molecule has 1 heterocycles. The molecule has 9 heteroatoms. The Bertz CT molecular complexity index is 1040. The minimum absolute atomic E-state index is 0.143. The predicted octanol–water partition coefficient (Wildman–Crippen LogP) is 4.49. The molecule has 164 valence electrons. The second-order valence-corrected chi connectivity index (χ2v) is 7.22. The number of nitrogens with zero attached hydrogens (tertiary/aromatic N) is 1. The van der Waals surface area contributed by atoms with Gasteiger partial charge in [-0.05, 0) is 61.5 Å². The fourth-order valence-corrected chi connectivity index (χ4v) is 3.87. The van der Waals surface area contributed by atoms with Crippen molar-refractivity contribution in [3.63, 3.8) is 0 Å². The molecule has 0 aromatic heterocycles. The number of aryl methyl sites for hydroxylation is 1. The lowest BCUT2D eigenvalue weighted by Crippen LogP contribution is -2.48. The summed E-state index contributed by atoms with van der Waals surface area (Å²) in [4.78, 5) is 14.5. The molecular formula is C22H22F2N2O4S. The molecule has 0 saturated carbocycles. The minimum Gasteiger partial charge on any atom is -0.493 e. The topological polar surface area (TPSA) is 60.0 Å². The van der Waals surface area contributed by atoms with Crippen LogP contribution >= 0.6 is 12.2 Å². The molecule has 2 aromatic rings. The third-order valence-electron chi connectivity index (χ3n) is 4.89. The third kappa shape index (κ3) is 4.61. The largest absolute Gasteiger partial charge is 0.493 e. The Hall–Kier alpha value is -3.20. The van der Waals surface area contributed by atoms with E-state index >= 15 is 0 Å². The van der Waals surface area contributed by atoms with Gasteiger partial charge in [0.1, 0.15) is 0 Å². The zero-order chi connectivity index (χ0) is 22.7. The highest BCUT2D eigenvalue weighted by Crippen LogP contribution is 2.38. The highest BCUT2D eigenvalue weighted by molar-refractivity contribution is 7.80. The van der Waals surface area contributed by atoms with Gasteiger partial charge in [0.15, 0.2) is 16.6 Å². The Morgan fingerprint density at radius 1 is 1.13 bits per heavy atom. The average molecular weight is 448 g/mol. The van der Waals surface area contributed by atoms with Crippen LogP contribution in [0.1, 0.15) is 24.1 Å². The van der Waals surface area contributed by atoms with Crippen molar-refractivity contribution in [2.45, 2.75) is 26.5 Å². The first-order chi connectivity index (χ1) is 14.8. The van der Waals surface area contributed by atoms with Crippen molar-refractivity contribution in [3.8, 4) is 11.5 Å². The molecule has 1 unspecified atom stereocenters. The van der Waals surface area contributed by atoms with Crippen LogP contribution in [0.15, 0.2) is 53.7 Å². The SMILES string of the molecule is COC(=O)C1=C(C)N(c2cccc(C)c2)C(=S)NC1c1ccc(OC)c(OC(F)F)c1. The number of rotatable bonds is 6. The quantitative estimate of drug-likeness (QED) is 0.516. The molecule has 0 aliphatic carbocycles. The van der Waals surface area contributed by atoms with Gasteiger partial charge >= 0.3 is 12.6 Å². The van der Waals surface area contributed by atoms with E-state index in [0.717, 1.165) is 11.3 Å². The van der Waals surface area contributed by atoms with Crippen molar-refractivity contribution >= 4 is 29.0 Å². The Kier molecular flexibility index (Phi) is 6.74. The van der Waals surface area contributed by atoms with Gasteiger partial charge in [-0.3, -0.25) is 4.90 Å². The van der Waals surface area contributed by atoms with E-state index in [2.05, 4.69) is 10.1 Å². The third-order valence-corrected chi connectivity index (χ3v) is 5.19. The van der Waals surface area contributed by atoms with Gasteiger partial charge in [-0.1, -0.05) is 18.2 Å². The molecule has 0 amide bonds. The van der Waals surface area contributed by atoms with Gasteiger partial charge in [0, 0.05) is 11.4 Å². The number of nitrogens with one attached hydrogen (secondary N) is 1. The number of esters is 1. The smallest absolute Gasteiger partial charge is 0.387 e. The standard InChI is InChI=1S/C22H22F2N2O4S/c1-12-6-5-7-15(10-12)26-13(2)18(20(27)29-4)19(25-22(26)31)14-8-9-16(28-3)17(11-14)30-21(23)24/h5-11,19,21H,1-4H3,(H,25,31). The zero-order valence-corrected chi connectivity index (χ0v) is 18.3. The van der Waals surface area contributed by atoms with Crippen molar-refractivity contribution in [1.29, 1.82) is 0 Å². The van der Waals surface area contributed by atoms with E-state index in [1.54, 1.807) is 17.9 Å². The summed E-state index contributed by atoms with van der Waals surface area (Å²) in [6.45, 7) is 0.683. The molecule has 0 saturated heterocycles. The number of benzene rings is 2. The first-order valence-corrected chi connectivity index (χ1v) is 9.76. The molecule has 6 nitrogen and oxygen atoms in total. The first-order valence-electron chi connectivity index (χ1n) is 9.36. The summed E-state index contributed by atoms with van der Waals surface area (Å²) in [5.74, 6) is -0.572. The van der Waals surface area contributed by atoms with Crippen LogP contribution in [0.5, 0.6) is 11.5 Å². The van der Waals surface area contributed by atoms with Crippen LogP contribution in [0.2, 0.25) is 0 Å². The van der Waals surface area contributed by atoms with Gasteiger partial charge < -0.3 is 19.5 Å². The van der Waals surface area contributed by atoms with Gasteiger partial charge in [-0.2, -0.15) is 8.78 Å². The number of ether oxygens (including phenoxy) is 3. The van der Waals surface area contributed by atoms with Crippen molar-refractivity contribution in [2.75, 3.05) is 19.1 Å². The number of halogens is 2. The van der Waals surface area contributed by atoms with E-state index in [9.17, 15) is 13.6 Å². The summed E-state index contributed by atoms with van der Waals surface area (Å²) in [6, 6.07) is 11.5. The van der Waals surface area contributed by atoms with Gasteiger partial charge in [-0.25, -0.2) is 4.79 Å². The monoisotopic (exact) mass is 448 g/mol. The molecule has 3 rings (SSSR count). The second-order valence-electron chi connectivity index (χ2n) is 6.84. The normalized spacial score (nSPS) is 16.3. The molecule has 0 bridgehead atoms. The second kappa shape index (κ2) is 9.30. The molecule has 2 aromatic carbocycles. The van der Waals surface area contributed by atoms with Crippen LogP contribution in [0.25, 0.3) is 0 Å². The zero-order valence-electron chi connectivity index (χ0n) is 17.4. The predicted molar refractivity (Wildman–Crippen MR) is 116 cm³/mol. The van der Waals surface area contributed by atoms with Crippen LogP contribution < -0.4 is 19.7 Å². The van der Waals surface area contributed by atoms with Gasteiger partial charge in [0.05, 0.1) is 25.8 Å². The number of carbonyl (C=O) groups is 1. The number of allylic oxidation sites excluding steroid dienone is 1. The van der Waals surface area contributed by atoms with Crippen LogP contribution in [-0.4, -0.2) is 31.9 Å². The van der Waals surface area contributed by atoms with E-state index in [1.165, 1.54) is 26.4 Å². The Morgan fingerprint density at radius 3 is 2.48 bits per heavy atom. The molecule has 0 fully saturated rings. The van der Waals surface area contributed by atoms with E-state index in [0.29, 0.717) is 21.9 Å². The highest BCUT2D eigenvalue weighted by Gasteiger charge is 2.35. The van der Waals surface area contributed by atoms with Crippen LogP contribution in [0, 0.1) is 6.92 Å². The van der Waals surface area contributed by atoms with Gasteiger partial charge in [0.2, 0.25) is 0 Å². The molecule has 1 aliphatic heterocycles. The lowest BCUT2D eigenvalue weighted by atomic mass is 9.94. The number of carbonyl (C=O) groups excluding carboxylic acids is 1. The van der Waals surface area contributed by atoms with Crippen LogP contribution in [0.4, 0.5) is 14.5 Å². The number of hydrogen-bond donors (Lipinski definition) is 1. The van der Waals surface area contributed by atoms with Gasteiger partial charge in [-0.15, -0.1) is 0 Å². The Labute approximate surface area is 184 Å². The highest BCUT2D eigenvalue weighted by atomic mass is 32.1. The maximum absolute atomic E-state index is 12.9. The molecule has 31 heavy (non-hydrogen) atoms. The van der Waals surface area contributed by atoms with E-state index < -0.39 is 18.6 Å². The molecular weight excluding hydrogens is 426 g/mol. The van der Waals surface area contributed by atoms with Crippen LogP contribution in [-0.2, 0) is 9.53 Å². The number of alkyl halides is 2. The fourth-order valence-electron chi connectivity index (χ4n) is 3.51. The number of hydrogen-bond acceptors (Lipinski definition) is 5.